The van der Waals surface area contributed by atoms with E-state index in [0.717, 1.165) is 11.6 Å². The van der Waals surface area contributed by atoms with Gasteiger partial charge in [0.05, 0.1) is 18.7 Å². The number of hydrogen-bond acceptors (Lipinski definition) is 4. The minimum atomic E-state index is -0.779. The summed E-state index contributed by atoms with van der Waals surface area (Å²) >= 11 is 0. The molecule has 0 unspecified atom stereocenters. The van der Waals surface area contributed by atoms with E-state index in [4.69, 9.17) is 9.47 Å². The number of carbonyl (C=O) groups is 2. The fourth-order valence-electron chi connectivity index (χ4n) is 2.12. The van der Waals surface area contributed by atoms with Crippen molar-refractivity contribution in [2.45, 2.75) is 13.0 Å². The van der Waals surface area contributed by atoms with E-state index in [1.54, 1.807) is 0 Å². The van der Waals surface area contributed by atoms with Gasteiger partial charge in [-0.25, -0.2) is 9.18 Å². The van der Waals surface area contributed by atoms with Crippen LogP contribution in [0.3, 0.4) is 0 Å². The number of halogens is 1. The number of methoxy groups -OCH3 is 1. The minimum Gasteiger partial charge on any atom is -0.494 e. The predicted molar refractivity (Wildman–Crippen MR) is 86.2 cm³/mol. The first kappa shape index (κ1) is 17.5. The molecule has 0 aliphatic heterocycles. The van der Waals surface area contributed by atoms with Crippen LogP contribution in [-0.2, 0) is 9.53 Å². The molecule has 0 aliphatic carbocycles. The third-order valence-corrected chi connectivity index (χ3v) is 3.40. The maximum absolute atomic E-state index is 13.6. The van der Waals surface area contributed by atoms with Gasteiger partial charge in [0.25, 0.3) is 5.91 Å². The Bertz CT molecular complexity index is 718. The van der Waals surface area contributed by atoms with Gasteiger partial charge in [0.15, 0.2) is 18.2 Å². The van der Waals surface area contributed by atoms with Gasteiger partial charge in [0.2, 0.25) is 0 Å². The monoisotopic (exact) mass is 331 g/mol. The highest BCUT2D eigenvalue weighted by atomic mass is 19.1. The molecule has 5 nitrogen and oxygen atoms in total. The summed E-state index contributed by atoms with van der Waals surface area (Å²) in [5, 5.41) is 2.72. The summed E-state index contributed by atoms with van der Waals surface area (Å²) in [6, 6.07) is 12.9. The Balaban J connectivity index is 1.87. The third-order valence-electron chi connectivity index (χ3n) is 3.40. The SMILES string of the molecule is COc1ccc(C(=O)OCC(=O)N[C@H](C)c2ccccc2)cc1F. The summed E-state index contributed by atoms with van der Waals surface area (Å²) in [4.78, 5) is 23.7. The number of rotatable bonds is 6. The number of ether oxygens (including phenoxy) is 2. The van der Waals surface area contributed by atoms with E-state index < -0.39 is 24.3 Å². The zero-order chi connectivity index (χ0) is 17.5. The van der Waals surface area contributed by atoms with Crippen LogP contribution >= 0.6 is 0 Å². The quantitative estimate of drug-likeness (QED) is 0.827. The molecule has 126 valence electrons. The number of benzene rings is 2. The van der Waals surface area contributed by atoms with Gasteiger partial charge in [-0.15, -0.1) is 0 Å². The molecule has 1 amide bonds. The maximum atomic E-state index is 13.6. The van der Waals surface area contributed by atoms with E-state index in [2.05, 4.69) is 5.32 Å². The summed E-state index contributed by atoms with van der Waals surface area (Å²) in [7, 11) is 1.33. The van der Waals surface area contributed by atoms with Crippen LogP contribution in [0.15, 0.2) is 48.5 Å². The van der Waals surface area contributed by atoms with Crippen molar-refractivity contribution in [2.24, 2.45) is 0 Å². The van der Waals surface area contributed by atoms with Crippen molar-refractivity contribution < 1.29 is 23.5 Å². The van der Waals surface area contributed by atoms with Crippen molar-refractivity contribution in [3.8, 4) is 5.75 Å². The third kappa shape index (κ3) is 4.55. The van der Waals surface area contributed by atoms with E-state index in [1.807, 2.05) is 37.3 Å². The molecule has 1 N–H and O–H groups in total. The lowest BCUT2D eigenvalue weighted by Crippen LogP contribution is -2.31. The number of esters is 1. The van der Waals surface area contributed by atoms with Gasteiger partial charge < -0.3 is 14.8 Å². The Morgan fingerprint density at radius 3 is 2.50 bits per heavy atom. The molecule has 2 aromatic rings. The van der Waals surface area contributed by atoms with Crippen LogP contribution in [0.4, 0.5) is 4.39 Å². The summed E-state index contributed by atoms with van der Waals surface area (Å²) < 4.78 is 23.2. The molecule has 0 aromatic heterocycles. The predicted octanol–water partition coefficient (Wildman–Crippen LogP) is 2.87. The fraction of sp³-hybridized carbons (Fsp3) is 0.222. The van der Waals surface area contributed by atoms with Gasteiger partial charge >= 0.3 is 5.97 Å². The van der Waals surface area contributed by atoms with Crippen molar-refractivity contribution in [1.29, 1.82) is 0 Å². The highest BCUT2D eigenvalue weighted by Gasteiger charge is 2.14. The number of nitrogens with one attached hydrogen (secondary N) is 1. The number of amides is 1. The van der Waals surface area contributed by atoms with Crippen LogP contribution in [0, 0.1) is 5.82 Å². The van der Waals surface area contributed by atoms with Gasteiger partial charge in [0, 0.05) is 0 Å². The highest BCUT2D eigenvalue weighted by Crippen LogP contribution is 2.18. The van der Waals surface area contributed by atoms with Crippen LogP contribution in [0.1, 0.15) is 28.9 Å². The average Bonchev–Trinajstić information content (AvgIpc) is 2.60. The molecule has 0 spiro atoms. The van der Waals surface area contributed by atoms with Crippen LogP contribution in [0.5, 0.6) is 5.75 Å². The lowest BCUT2D eigenvalue weighted by atomic mass is 10.1. The molecule has 0 bridgehead atoms. The second kappa shape index (κ2) is 8.10. The Hall–Kier alpha value is -2.89. The largest absolute Gasteiger partial charge is 0.494 e. The molecule has 0 saturated heterocycles. The number of hydrogen-bond donors (Lipinski definition) is 1. The van der Waals surface area contributed by atoms with Crippen LogP contribution < -0.4 is 10.1 Å². The molecule has 1 atom stereocenters. The first-order valence-corrected chi connectivity index (χ1v) is 7.36. The Morgan fingerprint density at radius 1 is 1.17 bits per heavy atom. The molecule has 0 saturated carbocycles. The number of carbonyl (C=O) groups excluding carboxylic acids is 2. The van der Waals surface area contributed by atoms with Crippen LogP contribution in [-0.4, -0.2) is 25.6 Å². The second-order valence-electron chi connectivity index (χ2n) is 5.13. The van der Waals surface area contributed by atoms with E-state index in [1.165, 1.54) is 19.2 Å². The van der Waals surface area contributed by atoms with E-state index >= 15 is 0 Å². The van der Waals surface area contributed by atoms with Crippen LogP contribution in [0.2, 0.25) is 0 Å². The molecule has 2 rings (SSSR count). The summed E-state index contributed by atoms with van der Waals surface area (Å²) in [5.74, 6) is -1.86. The molecule has 6 heteroatoms. The maximum Gasteiger partial charge on any atom is 0.338 e. The molecule has 0 heterocycles. The van der Waals surface area contributed by atoms with Crippen molar-refractivity contribution in [2.75, 3.05) is 13.7 Å². The van der Waals surface area contributed by atoms with E-state index in [0.29, 0.717) is 0 Å². The van der Waals surface area contributed by atoms with Crippen molar-refractivity contribution >= 4 is 11.9 Å². The van der Waals surface area contributed by atoms with Crippen molar-refractivity contribution in [1.82, 2.24) is 5.32 Å². The van der Waals surface area contributed by atoms with Crippen molar-refractivity contribution in [3.05, 3.63) is 65.5 Å². The minimum absolute atomic E-state index is 0.0113. The smallest absolute Gasteiger partial charge is 0.338 e. The van der Waals surface area contributed by atoms with Gasteiger partial charge in [-0.2, -0.15) is 0 Å². The average molecular weight is 331 g/mol. The fourth-order valence-corrected chi connectivity index (χ4v) is 2.12. The summed E-state index contributed by atoms with van der Waals surface area (Å²) in [5.41, 5.74) is 0.951. The Labute approximate surface area is 139 Å². The zero-order valence-corrected chi connectivity index (χ0v) is 13.4. The van der Waals surface area contributed by atoms with E-state index in [-0.39, 0.29) is 17.4 Å². The van der Waals surface area contributed by atoms with Gasteiger partial charge in [0.1, 0.15) is 0 Å². The molecule has 24 heavy (non-hydrogen) atoms. The normalized spacial score (nSPS) is 11.5. The second-order valence-corrected chi connectivity index (χ2v) is 5.13. The lowest BCUT2D eigenvalue weighted by Gasteiger charge is -2.14. The van der Waals surface area contributed by atoms with Crippen LogP contribution in [0.25, 0.3) is 0 Å². The first-order chi connectivity index (χ1) is 11.5. The first-order valence-electron chi connectivity index (χ1n) is 7.36. The lowest BCUT2D eigenvalue weighted by molar-refractivity contribution is -0.124. The molecular weight excluding hydrogens is 313 g/mol. The van der Waals surface area contributed by atoms with E-state index in [9.17, 15) is 14.0 Å². The molecular formula is C18H18FNO4. The summed E-state index contributed by atoms with van der Waals surface area (Å²) in [6.07, 6.45) is 0. The van der Waals surface area contributed by atoms with Gasteiger partial charge in [-0.05, 0) is 30.7 Å². The zero-order valence-electron chi connectivity index (χ0n) is 13.4. The van der Waals surface area contributed by atoms with Gasteiger partial charge in [-0.3, -0.25) is 4.79 Å². The molecule has 0 radical (unpaired) electrons. The standard InChI is InChI=1S/C18H18FNO4/c1-12(13-6-4-3-5-7-13)20-17(21)11-24-18(22)14-8-9-16(23-2)15(19)10-14/h3-10,12H,11H2,1-2H3,(H,20,21)/t12-/m1/s1. The summed E-state index contributed by atoms with van der Waals surface area (Å²) in [6.45, 7) is 1.39. The molecule has 0 aliphatic rings. The Morgan fingerprint density at radius 2 is 1.88 bits per heavy atom. The molecule has 0 fully saturated rings. The van der Waals surface area contributed by atoms with Crippen molar-refractivity contribution in [3.63, 3.8) is 0 Å². The highest BCUT2D eigenvalue weighted by molar-refractivity contribution is 5.91. The Kier molecular flexibility index (Phi) is 5.89. The van der Waals surface area contributed by atoms with Gasteiger partial charge in [-0.1, -0.05) is 30.3 Å². The molecule has 2 aromatic carbocycles. The topological polar surface area (TPSA) is 64.6 Å².